The van der Waals surface area contributed by atoms with Crippen LogP contribution in [0.15, 0.2) is 24.4 Å². The molecule has 0 spiro atoms. The summed E-state index contributed by atoms with van der Waals surface area (Å²) in [7, 11) is 1.74. The van der Waals surface area contributed by atoms with E-state index in [4.69, 9.17) is 5.11 Å². The second kappa shape index (κ2) is 3.02. The van der Waals surface area contributed by atoms with Crippen LogP contribution in [-0.4, -0.2) is 27.5 Å². The molecule has 0 saturated carbocycles. The molecule has 0 aliphatic rings. The number of hydrogen-bond donors (Lipinski definition) is 2. The highest BCUT2D eigenvalue weighted by Gasteiger charge is 2.11. The van der Waals surface area contributed by atoms with Gasteiger partial charge in [-0.05, 0) is 12.1 Å². The average molecular weight is 191 g/mol. The van der Waals surface area contributed by atoms with Crippen molar-refractivity contribution in [2.75, 3.05) is 12.4 Å². The Balaban J connectivity index is 2.81. The Hall–Kier alpha value is -2.04. The molecular weight excluding hydrogens is 182 g/mol. The molecule has 0 radical (unpaired) electrons. The summed E-state index contributed by atoms with van der Waals surface area (Å²) in [5.41, 5.74) is 0.777. The molecule has 5 heteroatoms. The molecule has 2 N–H and O–H groups in total. The molecular formula is C9H9N3O2. The van der Waals surface area contributed by atoms with Gasteiger partial charge in [0.25, 0.3) is 0 Å². The third-order valence-corrected chi connectivity index (χ3v) is 2.00. The van der Waals surface area contributed by atoms with Gasteiger partial charge in [-0.25, -0.2) is 9.78 Å². The Bertz CT molecular complexity index is 490. The summed E-state index contributed by atoms with van der Waals surface area (Å²) in [6.07, 6.45) is 1.35. The lowest BCUT2D eigenvalue weighted by molar-refractivity contribution is 0.0689. The van der Waals surface area contributed by atoms with Crippen molar-refractivity contribution >= 4 is 17.4 Å². The van der Waals surface area contributed by atoms with Gasteiger partial charge in [0.05, 0.1) is 6.20 Å². The van der Waals surface area contributed by atoms with E-state index < -0.39 is 5.97 Å². The minimum atomic E-state index is -0.986. The summed E-state index contributed by atoms with van der Waals surface area (Å²) in [5.74, 6) is -0.280. The predicted molar refractivity (Wildman–Crippen MR) is 51.7 cm³/mol. The van der Waals surface area contributed by atoms with Crippen LogP contribution >= 0.6 is 0 Å². The van der Waals surface area contributed by atoms with Gasteiger partial charge in [-0.1, -0.05) is 6.07 Å². The van der Waals surface area contributed by atoms with Crippen molar-refractivity contribution in [2.24, 2.45) is 0 Å². The van der Waals surface area contributed by atoms with Gasteiger partial charge < -0.3 is 10.4 Å². The molecule has 72 valence electrons. The molecule has 2 aromatic heterocycles. The van der Waals surface area contributed by atoms with E-state index in [-0.39, 0.29) is 5.69 Å². The molecule has 0 aliphatic heterocycles. The highest BCUT2D eigenvalue weighted by Crippen LogP contribution is 2.14. The quantitative estimate of drug-likeness (QED) is 0.745. The number of carbonyl (C=O) groups is 1. The number of aromatic carboxylic acids is 1. The van der Waals surface area contributed by atoms with E-state index in [0.717, 1.165) is 0 Å². The smallest absolute Gasteiger partial charge is 0.354 e. The lowest BCUT2D eigenvalue weighted by Crippen LogP contribution is -2.05. The molecule has 0 atom stereocenters. The van der Waals surface area contributed by atoms with E-state index >= 15 is 0 Å². The summed E-state index contributed by atoms with van der Waals surface area (Å²) in [4.78, 5) is 14.8. The maximum Gasteiger partial charge on any atom is 0.354 e. The maximum atomic E-state index is 10.9. The van der Waals surface area contributed by atoms with Crippen LogP contribution in [0.4, 0.5) is 5.82 Å². The number of fused-ring (bicyclic) bond motifs is 1. The van der Waals surface area contributed by atoms with E-state index in [1.807, 2.05) is 6.07 Å². The number of rotatable bonds is 2. The number of aromatic nitrogens is 2. The van der Waals surface area contributed by atoms with E-state index in [1.54, 1.807) is 23.6 Å². The van der Waals surface area contributed by atoms with Crippen LogP contribution in [0.25, 0.3) is 5.65 Å². The first kappa shape index (κ1) is 8.55. The maximum absolute atomic E-state index is 10.9. The Kier molecular flexibility index (Phi) is 1.85. The van der Waals surface area contributed by atoms with Gasteiger partial charge in [-0.3, -0.25) is 4.40 Å². The molecule has 0 saturated heterocycles. The summed E-state index contributed by atoms with van der Waals surface area (Å²) in [6, 6.07) is 5.37. The van der Waals surface area contributed by atoms with Crippen LogP contribution in [0.5, 0.6) is 0 Å². The first-order valence-electron chi connectivity index (χ1n) is 4.11. The van der Waals surface area contributed by atoms with Gasteiger partial charge in [-0.2, -0.15) is 0 Å². The lowest BCUT2D eigenvalue weighted by atomic mass is 10.4. The molecule has 0 aliphatic carbocycles. The number of nitrogens with one attached hydrogen (secondary N) is 1. The fourth-order valence-corrected chi connectivity index (χ4v) is 1.38. The standard InChI is InChI=1S/C9H9N3O2/c1-10-7-3-2-4-8-11-5-6(9(13)14)12(7)8/h2-5,10H,1H3,(H,13,14). The third-order valence-electron chi connectivity index (χ3n) is 2.00. The number of carboxylic acids is 1. The molecule has 0 bridgehead atoms. The molecule has 2 rings (SSSR count). The summed E-state index contributed by atoms with van der Waals surface area (Å²) < 4.78 is 1.56. The normalized spacial score (nSPS) is 10.4. The molecule has 5 nitrogen and oxygen atoms in total. The first-order valence-corrected chi connectivity index (χ1v) is 4.11. The molecule has 0 aromatic carbocycles. The van der Waals surface area contributed by atoms with Crippen LogP contribution in [0.1, 0.15) is 10.5 Å². The topological polar surface area (TPSA) is 66.6 Å². The van der Waals surface area contributed by atoms with Crippen LogP contribution in [0.3, 0.4) is 0 Å². The zero-order valence-corrected chi connectivity index (χ0v) is 7.56. The van der Waals surface area contributed by atoms with Crippen molar-refractivity contribution in [1.82, 2.24) is 9.38 Å². The van der Waals surface area contributed by atoms with Gasteiger partial charge in [-0.15, -0.1) is 0 Å². The second-order valence-electron chi connectivity index (χ2n) is 2.80. The van der Waals surface area contributed by atoms with E-state index in [2.05, 4.69) is 10.3 Å². The number of hydrogen-bond acceptors (Lipinski definition) is 3. The van der Waals surface area contributed by atoms with Crippen molar-refractivity contribution in [2.45, 2.75) is 0 Å². The minimum Gasteiger partial charge on any atom is -0.477 e. The first-order chi connectivity index (χ1) is 6.74. The molecule has 14 heavy (non-hydrogen) atoms. The van der Waals surface area contributed by atoms with Crippen molar-refractivity contribution in [1.29, 1.82) is 0 Å². The SMILES string of the molecule is CNc1cccc2ncc(C(=O)O)n12. The molecule has 2 aromatic rings. The largest absolute Gasteiger partial charge is 0.477 e. The minimum absolute atomic E-state index is 0.157. The molecule has 0 amide bonds. The fraction of sp³-hybridized carbons (Fsp3) is 0.111. The number of nitrogens with zero attached hydrogens (tertiary/aromatic N) is 2. The number of imidazole rings is 1. The van der Waals surface area contributed by atoms with Crippen molar-refractivity contribution in [3.63, 3.8) is 0 Å². The molecule has 0 fully saturated rings. The zero-order chi connectivity index (χ0) is 10.1. The van der Waals surface area contributed by atoms with Gasteiger partial charge >= 0.3 is 5.97 Å². The second-order valence-corrected chi connectivity index (χ2v) is 2.80. The van der Waals surface area contributed by atoms with Gasteiger partial charge in [0.15, 0.2) is 5.69 Å². The number of carboxylic acid groups (broad SMARTS) is 1. The number of pyridine rings is 1. The van der Waals surface area contributed by atoms with E-state index in [9.17, 15) is 4.79 Å². The Labute approximate surface area is 80.0 Å². The third kappa shape index (κ3) is 1.10. The number of anilines is 1. The van der Waals surface area contributed by atoms with Gasteiger partial charge in [0.2, 0.25) is 0 Å². The summed E-state index contributed by atoms with van der Waals surface area (Å²) in [5, 5.41) is 11.8. The van der Waals surface area contributed by atoms with E-state index in [1.165, 1.54) is 6.20 Å². The van der Waals surface area contributed by atoms with Crippen LogP contribution in [0.2, 0.25) is 0 Å². The van der Waals surface area contributed by atoms with Crippen LogP contribution in [-0.2, 0) is 0 Å². The average Bonchev–Trinajstić information content (AvgIpc) is 2.60. The van der Waals surface area contributed by atoms with Crippen LogP contribution in [0, 0.1) is 0 Å². The summed E-state index contributed by atoms with van der Waals surface area (Å²) in [6.45, 7) is 0. The Morgan fingerprint density at radius 3 is 3.00 bits per heavy atom. The van der Waals surface area contributed by atoms with Crippen molar-refractivity contribution in [3.05, 3.63) is 30.1 Å². The van der Waals surface area contributed by atoms with Gasteiger partial charge in [0.1, 0.15) is 11.5 Å². The zero-order valence-electron chi connectivity index (χ0n) is 7.56. The van der Waals surface area contributed by atoms with Crippen molar-refractivity contribution in [3.8, 4) is 0 Å². The predicted octanol–water partition coefficient (Wildman–Crippen LogP) is 1.07. The van der Waals surface area contributed by atoms with Gasteiger partial charge in [0, 0.05) is 7.05 Å². The van der Waals surface area contributed by atoms with Crippen molar-refractivity contribution < 1.29 is 9.90 Å². The molecule has 0 unspecified atom stereocenters. The fourth-order valence-electron chi connectivity index (χ4n) is 1.38. The summed E-state index contributed by atoms with van der Waals surface area (Å²) >= 11 is 0. The highest BCUT2D eigenvalue weighted by atomic mass is 16.4. The van der Waals surface area contributed by atoms with E-state index in [0.29, 0.717) is 11.5 Å². The Morgan fingerprint density at radius 1 is 1.57 bits per heavy atom. The van der Waals surface area contributed by atoms with Crippen LogP contribution < -0.4 is 5.32 Å². The monoisotopic (exact) mass is 191 g/mol. The Morgan fingerprint density at radius 2 is 2.36 bits per heavy atom. The highest BCUT2D eigenvalue weighted by molar-refractivity contribution is 5.87. The lowest BCUT2D eigenvalue weighted by Gasteiger charge is -2.05. The molecule has 2 heterocycles.